The zero-order valence-corrected chi connectivity index (χ0v) is 13.7. The average molecular weight is 329 g/mol. The molecule has 1 amide bonds. The molecule has 0 fully saturated rings. The van der Waals surface area contributed by atoms with Crippen molar-refractivity contribution in [3.8, 4) is 10.6 Å². The van der Waals surface area contributed by atoms with E-state index in [1.54, 1.807) is 35.1 Å². The Morgan fingerprint density at radius 2 is 2.23 bits per heavy atom. The Kier molecular flexibility index (Phi) is 4.60. The lowest BCUT2D eigenvalue weighted by molar-refractivity contribution is -0.120. The minimum atomic E-state index is 0.0400. The van der Waals surface area contributed by atoms with Crippen molar-refractivity contribution >= 4 is 28.6 Å². The molecule has 3 aromatic rings. The standard InChI is InChI=1S/C16H15N3OS2/c1-11-14(10-18-15(20)8-13-5-3-7-21-13)22-16(19-11)12-4-2-6-17-9-12/h2-7,9H,8,10H2,1H3,(H,18,20). The lowest BCUT2D eigenvalue weighted by Crippen LogP contribution is -2.24. The van der Waals surface area contributed by atoms with Crippen molar-refractivity contribution in [1.82, 2.24) is 15.3 Å². The van der Waals surface area contributed by atoms with Crippen LogP contribution in [-0.2, 0) is 17.8 Å². The normalized spacial score (nSPS) is 10.6. The minimum absolute atomic E-state index is 0.0400. The Bertz CT molecular complexity index is 751. The number of nitrogens with one attached hydrogen (secondary N) is 1. The molecule has 3 rings (SSSR count). The van der Waals surface area contributed by atoms with E-state index in [4.69, 9.17) is 0 Å². The molecule has 112 valence electrons. The van der Waals surface area contributed by atoms with Crippen molar-refractivity contribution in [2.24, 2.45) is 0 Å². The minimum Gasteiger partial charge on any atom is -0.351 e. The molecule has 3 heterocycles. The summed E-state index contributed by atoms with van der Waals surface area (Å²) in [6.45, 7) is 2.49. The molecule has 0 aliphatic heterocycles. The van der Waals surface area contributed by atoms with E-state index in [9.17, 15) is 4.79 Å². The van der Waals surface area contributed by atoms with Crippen LogP contribution in [0, 0.1) is 6.92 Å². The topological polar surface area (TPSA) is 54.9 Å². The first kappa shape index (κ1) is 14.9. The van der Waals surface area contributed by atoms with Crippen LogP contribution in [0.3, 0.4) is 0 Å². The second-order valence-electron chi connectivity index (χ2n) is 4.80. The van der Waals surface area contributed by atoms with Gasteiger partial charge in [0.25, 0.3) is 0 Å². The molecule has 0 radical (unpaired) electrons. The number of thiophene rings is 1. The number of hydrogen-bond acceptors (Lipinski definition) is 5. The largest absolute Gasteiger partial charge is 0.351 e. The van der Waals surface area contributed by atoms with Gasteiger partial charge in [-0.3, -0.25) is 9.78 Å². The molecule has 3 aromatic heterocycles. The predicted molar refractivity (Wildman–Crippen MR) is 90.0 cm³/mol. The van der Waals surface area contributed by atoms with Gasteiger partial charge in [-0.2, -0.15) is 0 Å². The molecular formula is C16H15N3OS2. The average Bonchev–Trinajstić information content (AvgIpc) is 3.16. The van der Waals surface area contributed by atoms with Gasteiger partial charge >= 0.3 is 0 Å². The van der Waals surface area contributed by atoms with E-state index in [2.05, 4.69) is 15.3 Å². The van der Waals surface area contributed by atoms with Gasteiger partial charge in [0.1, 0.15) is 5.01 Å². The molecule has 1 N–H and O–H groups in total. The van der Waals surface area contributed by atoms with E-state index in [0.717, 1.165) is 26.0 Å². The molecule has 0 aromatic carbocycles. The van der Waals surface area contributed by atoms with Gasteiger partial charge in [0.05, 0.1) is 18.7 Å². The summed E-state index contributed by atoms with van der Waals surface area (Å²) in [6.07, 6.45) is 3.98. The van der Waals surface area contributed by atoms with E-state index >= 15 is 0 Å². The highest BCUT2D eigenvalue weighted by Gasteiger charge is 2.11. The number of aromatic nitrogens is 2. The van der Waals surface area contributed by atoms with Crippen LogP contribution in [0.15, 0.2) is 42.0 Å². The van der Waals surface area contributed by atoms with Gasteiger partial charge in [-0.15, -0.1) is 22.7 Å². The van der Waals surface area contributed by atoms with Gasteiger partial charge in [0.2, 0.25) is 5.91 Å². The van der Waals surface area contributed by atoms with Crippen LogP contribution in [-0.4, -0.2) is 15.9 Å². The second kappa shape index (κ2) is 6.81. The van der Waals surface area contributed by atoms with Crippen molar-refractivity contribution in [1.29, 1.82) is 0 Å². The third-order valence-electron chi connectivity index (χ3n) is 3.16. The molecule has 4 nitrogen and oxygen atoms in total. The van der Waals surface area contributed by atoms with Gasteiger partial charge in [-0.05, 0) is 30.5 Å². The van der Waals surface area contributed by atoms with Gasteiger partial charge in [-0.1, -0.05) is 6.07 Å². The van der Waals surface area contributed by atoms with Crippen molar-refractivity contribution in [3.63, 3.8) is 0 Å². The number of nitrogens with zero attached hydrogens (tertiary/aromatic N) is 2. The van der Waals surface area contributed by atoms with Gasteiger partial charge in [0.15, 0.2) is 0 Å². The molecular weight excluding hydrogens is 314 g/mol. The number of amides is 1. The Labute approximate surface area is 136 Å². The highest BCUT2D eigenvalue weighted by Crippen LogP contribution is 2.27. The maximum atomic E-state index is 11.9. The number of carbonyl (C=O) groups is 1. The van der Waals surface area contributed by atoms with Crippen LogP contribution in [0.1, 0.15) is 15.4 Å². The number of thiazole rings is 1. The van der Waals surface area contributed by atoms with Gasteiger partial charge < -0.3 is 5.32 Å². The number of pyridine rings is 1. The highest BCUT2D eigenvalue weighted by atomic mass is 32.1. The zero-order chi connectivity index (χ0) is 15.4. The second-order valence-corrected chi connectivity index (χ2v) is 6.92. The van der Waals surface area contributed by atoms with Crippen molar-refractivity contribution < 1.29 is 4.79 Å². The first-order chi connectivity index (χ1) is 10.7. The Hall–Kier alpha value is -2.05. The molecule has 0 aliphatic carbocycles. The fourth-order valence-electron chi connectivity index (χ4n) is 2.02. The van der Waals surface area contributed by atoms with Crippen molar-refractivity contribution in [3.05, 3.63) is 57.5 Å². The first-order valence-corrected chi connectivity index (χ1v) is 8.58. The third kappa shape index (κ3) is 3.58. The maximum Gasteiger partial charge on any atom is 0.225 e. The quantitative estimate of drug-likeness (QED) is 0.780. The first-order valence-electron chi connectivity index (χ1n) is 6.88. The lowest BCUT2D eigenvalue weighted by Gasteiger charge is -2.02. The van der Waals surface area contributed by atoms with Crippen LogP contribution in [0.2, 0.25) is 0 Å². The summed E-state index contributed by atoms with van der Waals surface area (Å²) >= 11 is 3.20. The van der Waals surface area contributed by atoms with Crippen LogP contribution >= 0.6 is 22.7 Å². The summed E-state index contributed by atoms with van der Waals surface area (Å²) in [7, 11) is 0. The summed E-state index contributed by atoms with van der Waals surface area (Å²) in [5, 5.41) is 5.89. The third-order valence-corrected chi connectivity index (χ3v) is 5.25. The van der Waals surface area contributed by atoms with E-state index in [1.165, 1.54) is 0 Å². The van der Waals surface area contributed by atoms with E-state index < -0.39 is 0 Å². The molecule has 0 aliphatic rings. The molecule has 22 heavy (non-hydrogen) atoms. The van der Waals surface area contributed by atoms with Crippen LogP contribution in [0.4, 0.5) is 0 Å². The van der Waals surface area contributed by atoms with Crippen LogP contribution in [0.25, 0.3) is 10.6 Å². The summed E-state index contributed by atoms with van der Waals surface area (Å²) in [6, 6.07) is 7.82. The molecule has 0 spiro atoms. The molecule has 0 saturated heterocycles. The Balaban J connectivity index is 1.63. The molecule has 0 saturated carbocycles. The molecule has 0 atom stereocenters. The predicted octanol–water partition coefficient (Wildman–Crippen LogP) is 3.43. The van der Waals surface area contributed by atoms with E-state index in [0.29, 0.717) is 13.0 Å². The smallest absolute Gasteiger partial charge is 0.225 e. The van der Waals surface area contributed by atoms with Crippen molar-refractivity contribution in [2.75, 3.05) is 0 Å². The Morgan fingerprint density at radius 1 is 1.32 bits per heavy atom. The fourth-order valence-corrected chi connectivity index (χ4v) is 3.71. The lowest BCUT2D eigenvalue weighted by atomic mass is 10.3. The molecule has 0 bridgehead atoms. The van der Waals surface area contributed by atoms with Crippen molar-refractivity contribution in [2.45, 2.75) is 19.9 Å². The summed E-state index contributed by atoms with van der Waals surface area (Å²) in [4.78, 5) is 22.8. The summed E-state index contributed by atoms with van der Waals surface area (Å²) in [5.74, 6) is 0.0400. The monoisotopic (exact) mass is 329 g/mol. The number of rotatable bonds is 5. The summed E-state index contributed by atoms with van der Waals surface area (Å²) in [5.41, 5.74) is 1.96. The van der Waals surface area contributed by atoms with Crippen LogP contribution < -0.4 is 5.32 Å². The van der Waals surface area contributed by atoms with Gasteiger partial charge in [0, 0.05) is 27.7 Å². The fraction of sp³-hybridized carbons (Fsp3) is 0.188. The molecule has 6 heteroatoms. The number of carbonyl (C=O) groups excluding carboxylic acids is 1. The SMILES string of the molecule is Cc1nc(-c2cccnc2)sc1CNC(=O)Cc1cccs1. The number of hydrogen-bond donors (Lipinski definition) is 1. The Morgan fingerprint density at radius 3 is 2.95 bits per heavy atom. The molecule has 0 unspecified atom stereocenters. The maximum absolute atomic E-state index is 11.9. The highest BCUT2D eigenvalue weighted by molar-refractivity contribution is 7.15. The summed E-state index contributed by atoms with van der Waals surface area (Å²) < 4.78 is 0. The van der Waals surface area contributed by atoms with E-state index in [1.807, 2.05) is 36.6 Å². The van der Waals surface area contributed by atoms with Crippen LogP contribution in [0.5, 0.6) is 0 Å². The van der Waals surface area contributed by atoms with Gasteiger partial charge in [-0.25, -0.2) is 4.98 Å². The zero-order valence-electron chi connectivity index (χ0n) is 12.1. The number of aryl methyl sites for hydroxylation is 1. The van der Waals surface area contributed by atoms with E-state index in [-0.39, 0.29) is 5.91 Å².